The largest absolute Gasteiger partial charge is 0.480 e. The van der Waals surface area contributed by atoms with E-state index in [4.69, 9.17) is 4.74 Å². The van der Waals surface area contributed by atoms with Crippen LogP contribution >= 0.6 is 0 Å². The minimum atomic E-state index is -3.38. The standard InChI is InChI=1S/C18H24N2O6S/c1-27(24,25)20-8-2-4-12-10-13(6-7-15(12)20)17(21)19-16(18(22)23)14-5-3-9-26-11-14/h6-7,10,14,16H,2-5,8-9,11H2,1H3,(H,19,21)(H,22,23). The van der Waals surface area contributed by atoms with E-state index in [0.29, 0.717) is 50.3 Å². The molecule has 1 fully saturated rings. The number of carboxylic acids is 1. The molecule has 27 heavy (non-hydrogen) atoms. The number of benzene rings is 1. The number of anilines is 1. The predicted octanol–water partition coefficient (Wildman–Crippen LogP) is 1.01. The molecular weight excluding hydrogens is 372 g/mol. The van der Waals surface area contributed by atoms with E-state index < -0.39 is 27.9 Å². The van der Waals surface area contributed by atoms with Crippen molar-refractivity contribution in [1.29, 1.82) is 0 Å². The normalized spacial score (nSPS) is 21.2. The molecule has 2 heterocycles. The Kier molecular flexibility index (Phi) is 5.71. The number of hydrogen-bond acceptors (Lipinski definition) is 5. The summed E-state index contributed by atoms with van der Waals surface area (Å²) >= 11 is 0. The molecule has 0 saturated carbocycles. The topological polar surface area (TPSA) is 113 Å². The van der Waals surface area contributed by atoms with E-state index in [1.54, 1.807) is 12.1 Å². The van der Waals surface area contributed by atoms with Gasteiger partial charge in [0, 0.05) is 24.6 Å². The number of carbonyl (C=O) groups excluding carboxylic acids is 1. The quantitative estimate of drug-likeness (QED) is 0.768. The lowest BCUT2D eigenvalue weighted by atomic mass is 9.93. The van der Waals surface area contributed by atoms with Gasteiger partial charge in [0.05, 0.1) is 18.6 Å². The van der Waals surface area contributed by atoms with Crippen molar-refractivity contribution in [3.05, 3.63) is 29.3 Å². The van der Waals surface area contributed by atoms with Gasteiger partial charge in [0.25, 0.3) is 5.91 Å². The number of fused-ring (bicyclic) bond motifs is 1. The number of carboxylic acid groups (broad SMARTS) is 1. The summed E-state index contributed by atoms with van der Waals surface area (Å²) in [7, 11) is -3.38. The van der Waals surface area contributed by atoms with Crippen LogP contribution in [-0.4, -0.2) is 57.5 Å². The first-order valence-electron chi connectivity index (χ1n) is 8.99. The fraction of sp³-hybridized carbons (Fsp3) is 0.556. The van der Waals surface area contributed by atoms with Crippen LogP contribution in [0.15, 0.2) is 18.2 Å². The minimum absolute atomic E-state index is 0.265. The smallest absolute Gasteiger partial charge is 0.326 e. The molecule has 1 aromatic rings. The lowest BCUT2D eigenvalue weighted by Crippen LogP contribution is -2.48. The maximum Gasteiger partial charge on any atom is 0.326 e. The van der Waals surface area contributed by atoms with Crippen molar-refractivity contribution < 1.29 is 27.9 Å². The van der Waals surface area contributed by atoms with Crippen molar-refractivity contribution in [2.45, 2.75) is 31.7 Å². The van der Waals surface area contributed by atoms with Crippen LogP contribution in [0.4, 0.5) is 5.69 Å². The van der Waals surface area contributed by atoms with Crippen LogP contribution in [0.25, 0.3) is 0 Å². The number of hydrogen-bond donors (Lipinski definition) is 2. The third-order valence-electron chi connectivity index (χ3n) is 5.04. The third kappa shape index (κ3) is 4.41. The SMILES string of the molecule is CS(=O)(=O)N1CCCc2cc(C(=O)NC(C(=O)O)C3CCCOC3)ccc21. The molecule has 2 unspecified atom stereocenters. The molecule has 0 radical (unpaired) electrons. The van der Waals surface area contributed by atoms with Gasteiger partial charge >= 0.3 is 5.97 Å². The summed E-state index contributed by atoms with van der Waals surface area (Å²) in [6.45, 7) is 1.34. The molecule has 2 N–H and O–H groups in total. The first-order valence-corrected chi connectivity index (χ1v) is 10.8. The van der Waals surface area contributed by atoms with E-state index in [2.05, 4.69) is 5.32 Å². The van der Waals surface area contributed by atoms with Gasteiger partial charge in [-0.1, -0.05) is 0 Å². The van der Waals surface area contributed by atoms with Gasteiger partial charge in [-0.15, -0.1) is 0 Å². The van der Waals surface area contributed by atoms with Crippen molar-refractivity contribution in [3.63, 3.8) is 0 Å². The Bertz CT molecular complexity index is 832. The van der Waals surface area contributed by atoms with Crippen molar-refractivity contribution in [2.24, 2.45) is 5.92 Å². The van der Waals surface area contributed by atoms with Gasteiger partial charge in [-0.05, 0) is 49.4 Å². The molecule has 3 rings (SSSR count). The van der Waals surface area contributed by atoms with E-state index in [1.165, 1.54) is 10.4 Å². The van der Waals surface area contributed by atoms with E-state index in [-0.39, 0.29) is 5.92 Å². The van der Waals surface area contributed by atoms with Crippen molar-refractivity contribution in [2.75, 3.05) is 30.3 Å². The number of aryl methyl sites for hydroxylation is 1. The van der Waals surface area contributed by atoms with Crippen LogP contribution in [0, 0.1) is 5.92 Å². The van der Waals surface area contributed by atoms with Crippen molar-refractivity contribution in [1.82, 2.24) is 5.32 Å². The molecule has 2 aliphatic rings. The Morgan fingerprint density at radius 2 is 2.11 bits per heavy atom. The summed E-state index contributed by atoms with van der Waals surface area (Å²) in [6.07, 6.45) is 3.95. The highest BCUT2D eigenvalue weighted by Gasteiger charge is 2.32. The zero-order valence-electron chi connectivity index (χ0n) is 15.2. The number of amides is 1. The second kappa shape index (κ2) is 7.85. The molecule has 1 saturated heterocycles. The highest BCUT2D eigenvalue weighted by Crippen LogP contribution is 2.30. The summed E-state index contributed by atoms with van der Waals surface area (Å²) in [5.74, 6) is -1.83. The number of ether oxygens (including phenoxy) is 1. The molecule has 1 amide bonds. The van der Waals surface area contributed by atoms with Gasteiger partial charge in [-0.25, -0.2) is 13.2 Å². The maximum absolute atomic E-state index is 12.6. The Morgan fingerprint density at radius 1 is 1.33 bits per heavy atom. The Labute approximate surface area is 158 Å². The van der Waals surface area contributed by atoms with Gasteiger partial charge in [0.15, 0.2) is 0 Å². The Hall–Kier alpha value is -2.13. The first kappa shape index (κ1) is 19.6. The second-order valence-corrected chi connectivity index (χ2v) is 8.96. The molecule has 0 spiro atoms. The molecule has 8 nitrogen and oxygen atoms in total. The molecule has 2 atom stereocenters. The summed E-state index contributed by atoms with van der Waals surface area (Å²) in [6, 6.07) is 3.79. The van der Waals surface area contributed by atoms with Crippen LogP contribution < -0.4 is 9.62 Å². The van der Waals surface area contributed by atoms with Crippen molar-refractivity contribution >= 4 is 27.6 Å². The molecule has 9 heteroatoms. The molecule has 2 aliphatic heterocycles. The van der Waals surface area contributed by atoms with Gasteiger partial charge in [0.2, 0.25) is 10.0 Å². The van der Waals surface area contributed by atoms with Crippen LogP contribution in [0.1, 0.15) is 35.2 Å². The monoisotopic (exact) mass is 396 g/mol. The summed E-state index contributed by atoms with van der Waals surface area (Å²) < 4.78 is 30.5. The summed E-state index contributed by atoms with van der Waals surface area (Å²) in [5.41, 5.74) is 1.68. The van der Waals surface area contributed by atoms with Crippen LogP contribution in [-0.2, 0) is 26.0 Å². The van der Waals surface area contributed by atoms with E-state index >= 15 is 0 Å². The molecule has 148 valence electrons. The van der Waals surface area contributed by atoms with Gasteiger partial charge in [0.1, 0.15) is 6.04 Å². The van der Waals surface area contributed by atoms with Gasteiger partial charge < -0.3 is 15.2 Å². The third-order valence-corrected chi connectivity index (χ3v) is 6.22. The Balaban J connectivity index is 1.79. The molecule has 0 bridgehead atoms. The summed E-state index contributed by atoms with van der Waals surface area (Å²) in [4.78, 5) is 24.2. The van der Waals surface area contributed by atoms with Crippen LogP contribution in [0.5, 0.6) is 0 Å². The first-order chi connectivity index (χ1) is 12.8. The fourth-order valence-electron chi connectivity index (χ4n) is 3.68. The highest BCUT2D eigenvalue weighted by atomic mass is 32.2. The summed E-state index contributed by atoms with van der Waals surface area (Å²) in [5, 5.41) is 12.1. The van der Waals surface area contributed by atoms with E-state index in [9.17, 15) is 23.1 Å². The van der Waals surface area contributed by atoms with E-state index in [1.807, 2.05) is 0 Å². The number of rotatable bonds is 5. The van der Waals surface area contributed by atoms with Crippen LogP contribution in [0.3, 0.4) is 0 Å². The van der Waals surface area contributed by atoms with E-state index in [0.717, 1.165) is 18.2 Å². The molecule has 0 aromatic heterocycles. The zero-order chi connectivity index (χ0) is 19.6. The van der Waals surface area contributed by atoms with Gasteiger partial charge in [-0.3, -0.25) is 9.10 Å². The number of sulfonamides is 1. The Morgan fingerprint density at radius 3 is 2.74 bits per heavy atom. The van der Waals surface area contributed by atoms with Gasteiger partial charge in [-0.2, -0.15) is 0 Å². The number of aliphatic carboxylic acids is 1. The molecular formula is C18H24N2O6S. The molecule has 0 aliphatic carbocycles. The van der Waals surface area contributed by atoms with Crippen molar-refractivity contribution in [3.8, 4) is 0 Å². The number of carbonyl (C=O) groups is 2. The minimum Gasteiger partial charge on any atom is -0.480 e. The van der Waals surface area contributed by atoms with Crippen LogP contribution in [0.2, 0.25) is 0 Å². The lowest BCUT2D eigenvalue weighted by molar-refractivity contribution is -0.142. The molecule has 1 aromatic carbocycles. The fourth-order valence-corrected chi connectivity index (χ4v) is 4.68. The highest BCUT2D eigenvalue weighted by molar-refractivity contribution is 7.92. The number of nitrogens with one attached hydrogen (secondary N) is 1. The maximum atomic E-state index is 12.6. The lowest BCUT2D eigenvalue weighted by Gasteiger charge is -2.30. The number of nitrogens with zero attached hydrogens (tertiary/aromatic N) is 1. The predicted molar refractivity (Wildman–Crippen MR) is 99.4 cm³/mol. The second-order valence-electron chi connectivity index (χ2n) is 7.05. The average molecular weight is 396 g/mol. The average Bonchev–Trinajstić information content (AvgIpc) is 2.64. The zero-order valence-corrected chi connectivity index (χ0v) is 16.0.